The first-order chi connectivity index (χ1) is 13.0. The molecular weight excluding hydrogens is 368 g/mol. The van der Waals surface area contributed by atoms with Gasteiger partial charge in [0, 0.05) is 43.3 Å². The summed E-state index contributed by atoms with van der Waals surface area (Å²) < 4.78 is 0. The van der Waals surface area contributed by atoms with E-state index in [4.69, 9.17) is 11.6 Å². The van der Waals surface area contributed by atoms with Crippen molar-refractivity contribution in [2.75, 3.05) is 31.1 Å². The van der Waals surface area contributed by atoms with E-state index in [1.54, 1.807) is 35.3 Å². The van der Waals surface area contributed by atoms with Gasteiger partial charge in [0.05, 0.1) is 4.92 Å². The minimum atomic E-state index is -0.466. The van der Waals surface area contributed by atoms with Crippen molar-refractivity contribution in [1.82, 2.24) is 9.88 Å². The lowest BCUT2D eigenvalue weighted by atomic mass is 10.2. The van der Waals surface area contributed by atoms with Crippen LogP contribution in [0, 0.1) is 10.1 Å². The van der Waals surface area contributed by atoms with E-state index in [2.05, 4.69) is 4.98 Å². The maximum absolute atomic E-state index is 12.5. The van der Waals surface area contributed by atoms with Gasteiger partial charge in [-0.15, -0.1) is 0 Å². The largest absolute Gasteiger partial charge is 0.355 e. The van der Waals surface area contributed by atoms with Crippen LogP contribution in [0.25, 0.3) is 6.08 Å². The van der Waals surface area contributed by atoms with E-state index in [9.17, 15) is 14.9 Å². The van der Waals surface area contributed by atoms with Crippen LogP contribution in [0.15, 0.2) is 48.7 Å². The van der Waals surface area contributed by atoms with E-state index < -0.39 is 4.92 Å². The normalized spacial score (nSPS) is 15.0. The summed E-state index contributed by atoms with van der Waals surface area (Å²) >= 11 is 5.86. The second-order valence-electron chi connectivity index (χ2n) is 6.18. The van der Waals surface area contributed by atoms with Crippen LogP contribution in [-0.2, 0) is 4.79 Å². The molecule has 0 radical (unpaired) electrons. The van der Waals surface area contributed by atoms with Gasteiger partial charge in [0.25, 0.3) is 5.69 Å². The van der Waals surface area contributed by atoms with E-state index >= 15 is 0 Å². The smallest absolute Gasteiger partial charge is 0.287 e. The third kappa shape index (κ3) is 5.04. The van der Waals surface area contributed by atoms with Crippen molar-refractivity contribution in [3.05, 3.63) is 69.4 Å². The molecule has 140 valence electrons. The van der Waals surface area contributed by atoms with Crippen molar-refractivity contribution in [1.29, 1.82) is 0 Å². The van der Waals surface area contributed by atoms with Crippen molar-refractivity contribution in [3.8, 4) is 0 Å². The van der Waals surface area contributed by atoms with Gasteiger partial charge in [-0.25, -0.2) is 4.98 Å². The number of aromatic nitrogens is 1. The average Bonchev–Trinajstić information content (AvgIpc) is 2.94. The summed E-state index contributed by atoms with van der Waals surface area (Å²) in [6.07, 6.45) is 5.42. The lowest BCUT2D eigenvalue weighted by Crippen LogP contribution is -2.34. The molecule has 2 heterocycles. The Morgan fingerprint density at radius 2 is 1.89 bits per heavy atom. The third-order valence-electron chi connectivity index (χ3n) is 4.36. The molecule has 0 N–H and O–H groups in total. The predicted molar refractivity (Wildman–Crippen MR) is 105 cm³/mol. The van der Waals surface area contributed by atoms with Crippen molar-refractivity contribution in [2.24, 2.45) is 0 Å². The fraction of sp³-hybridized carbons (Fsp3) is 0.263. The number of carbonyl (C=O) groups is 1. The molecule has 0 atom stereocenters. The SMILES string of the molecule is O=C(/C=C/c1ccc(Cl)cc1)N1CCCN(c2ccc([N+](=O)[O-])cn2)CC1. The van der Waals surface area contributed by atoms with Crippen molar-refractivity contribution < 1.29 is 9.72 Å². The molecular formula is C19H19ClN4O3. The summed E-state index contributed by atoms with van der Waals surface area (Å²) in [4.78, 5) is 30.7. The lowest BCUT2D eigenvalue weighted by Gasteiger charge is -2.22. The van der Waals surface area contributed by atoms with Crippen LogP contribution >= 0.6 is 11.6 Å². The Kier molecular flexibility index (Phi) is 6.03. The van der Waals surface area contributed by atoms with Gasteiger partial charge in [0.2, 0.25) is 5.91 Å². The summed E-state index contributed by atoms with van der Waals surface area (Å²) in [5.41, 5.74) is 0.886. The van der Waals surface area contributed by atoms with Crippen molar-refractivity contribution in [3.63, 3.8) is 0 Å². The highest BCUT2D eigenvalue weighted by atomic mass is 35.5. The number of anilines is 1. The standard InChI is InChI=1S/C19H19ClN4O3/c20-16-5-2-15(3-6-16)4-9-19(25)23-11-1-10-22(12-13-23)18-8-7-17(14-21-18)24(26)27/h2-9,14H,1,10-13H2/b9-4+. The Morgan fingerprint density at radius 3 is 2.56 bits per heavy atom. The summed E-state index contributed by atoms with van der Waals surface area (Å²) in [6, 6.07) is 10.4. The van der Waals surface area contributed by atoms with E-state index in [0.717, 1.165) is 18.5 Å². The van der Waals surface area contributed by atoms with Gasteiger partial charge in [-0.2, -0.15) is 0 Å². The van der Waals surface area contributed by atoms with Crippen molar-refractivity contribution >= 4 is 35.1 Å². The summed E-state index contributed by atoms with van der Waals surface area (Å²) in [6.45, 7) is 2.61. The Hall–Kier alpha value is -2.93. The number of amides is 1. The Balaban J connectivity index is 1.59. The topological polar surface area (TPSA) is 79.6 Å². The van der Waals surface area contributed by atoms with Crippen LogP contribution in [0.5, 0.6) is 0 Å². The maximum atomic E-state index is 12.5. The zero-order valence-electron chi connectivity index (χ0n) is 14.6. The van der Waals surface area contributed by atoms with E-state index in [0.29, 0.717) is 30.5 Å². The first kappa shape index (κ1) is 18.8. The number of benzene rings is 1. The first-order valence-corrected chi connectivity index (χ1v) is 8.99. The van der Waals surface area contributed by atoms with Crippen LogP contribution in [0.4, 0.5) is 11.5 Å². The fourth-order valence-corrected chi connectivity index (χ4v) is 3.01. The van der Waals surface area contributed by atoms with E-state index in [1.807, 2.05) is 17.0 Å². The van der Waals surface area contributed by atoms with Crippen LogP contribution in [0.2, 0.25) is 5.02 Å². The van der Waals surface area contributed by atoms with Gasteiger partial charge in [0.1, 0.15) is 12.0 Å². The molecule has 1 saturated heterocycles. The Morgan fingerprint density at radius 1 is 1.11 bits per heavy atom. The van der Waals surface area contributed by atoms with Crippen LogP contribution < -0.4 is 4.90 Å². The molecule has 0 bridgehead atoms. The van der Waals surface area contributed by atoms with Gasteiger partial charge >= 0.3 is 0 Å². The molecule has 1 fully saturated rings. The number of rotatable bonds is 4. The molecule has 0 spiro atoms. The van der Waals surface area contributed by atoms with E-state index in [1.165, 1.54) is 12.3 Å². The molecule has 1 aliphatic rings. The summed E-state index contributed by atoms with van der Waals surface area (Å²) in [5.74, 6) is 0.648. The molecule has 0 unspecified atom stereocenters. The molecule has 0 aliphatic carbocycles. The number of nitro groups is 1. The number of halogens is 1. The predicted octanol–water partition coefficient (Wildman–Crippen LogP) is 3.40. The van der Waals surface area contributed by atoms with Gasteiger partial charge in [0.15, 0.2) is 0 Å². The van der Waals surface area contributed by atoms with Crippen LogP contribution in [-0.4, -0.2) is 46.9 Å². The number of nitrogens with zero attached hydrogens (tertiary/aromatic N) is 4. The molecule has 8 heteroatoms. The van der Waals surface area contributed by atoms with Gasteiger partial charge in [-0.1, -0.05) is 23.7 Å². The Labute approximate surface area is 162 Å². The fourth-order valence-electron chi connectivity index (χ4n) is 2.89. The second-order valence-corrected chi connectivity index (χ2v) is 6.62. The minimum absolute atomic E-state index is 0.0299. The average molecular weight is 387 g/mol. The summed E-state index contributed by atoms with van der Waals surface area (Å²) in [7, 11) is 0. The van der Waals surface area contributed by atoms with Gasteiger partial charge in [-0.05, 0) is 36.3 Å². The molecule has 1 amide bonds. The van der Waals surface area contributed by atoms with E-state index in [-0.39, 0.29) is 11.6 Å². The number of hydrogen-bond donors (Lipinski definition) is 0. The highest BCUT2D eigenvalue weighted by Gasteiger charge is 2.19. The van der Waals surface area contributed by atoms with Gasteiger partial charge < -0.3 is 9.80 Å². The molecule has 3 rings (SSSR count). The highest BCUT2D eigenvalue weighted by Crippen LogP contribution is 2.18. The third-order valence-corrected chi connectivity index (χ3v) is 4.61. The monoisotopic (exact) mass is 386 g/mol. The first-order valence-electron chi connectivity index (χ1n) is 8.61. The van der Waals surface area contributed by atoms with Crippen LogP contribution in [0.3, 0.4) is 0 Å². The second kappa shape index (κ2) is 8.64. The summed E-state index contributed by atoms with van der Waals surface area (Å²) in [5, 5.41) is 11.4. The number of hydrogen-bond acceptors (Lipinski definition) is 5. The maximum Gasteiger partial charge on any atom is 0.287 e. The zero-order valence-corrected chi connectivity index (χ0v) is 15.4. The molecule has 0 saturated carbocycles. The number of carbonyl (C=O) groups excluding carboxylic acids is 1. The van der Waals surface area contributed by atoms with Crippen LogP contribution in [0.1, 0.15) is 12.0 Å². The molecule has 2 aromatic rings. The number of pyridine rings is 1. The zero-order chi connectivity index (χ0) is 19.2. The van der Waals surface area contributed by atoms with Crippen molar-refractivity contribution in [2.45, 2.75) is 6.42 Å². The molecule has 27 heavy (non-hydrogen) atoms. The molecule has 7 nitrogen and oxygen atoms in total. The Bertz CT molecular complexity index is 837. The quantitative estimate of drug-likeness (QED) is 0.457. The lowest BCUT2D eigenvalue weighted by molar-refractivity contribution is -0.385. The highest BCUT2D eigenvalue weighted by molar-refractivity contribution is 6.30. The van der Waals surface area contributed by atoms with Gasteiger partial charge in [-0.3, -0.25) is 14.9 Å². The minimum Gasteiger partial charge on any atom is -0.355 e. The molecule has 1 aliphatic heterocycles. The molecule has 1 aromatic carbocycles. The molecule has 1 aromatic heterocycles.